The lowest BCUT2D eigenvalue weighted by atomic mass is 10.1. The van der Waals surface area contributed by atoms with E-state index in [0.717, 1.165) is 16.0 Å². The van der Waals surface area contributed by atoms with Crippen molar-refractivity contribution in [2.45, 2.75) is 13.8 Å². The largest absolute Gasteiger partial charge is 0.502 e. The van der Waals surface area contributed by atoms with Crippen LogP contribution in [0.5, 0.6) is 5.75 Å². The molecular weight excluding hydrogens is 306 g/mol. The van der Waals surface area contributed by atoms with Crippen molar-refractivity contribution in [3.63, 3.8) is 0 Å². The van der Waals surface area contributed by atoms with E-state index in [2.05, 4.69) is 0 Å². The minimum atomic E-state index is -0.709. The summed E-state index contributed by atoms with van der Waals surface area (Å²) in [5.74, 6) is -1.15. The van der Waals surface area contributed by atoms with Gasteiger partial charge in [0.05, 0.1) is 18.4 Å². The molecule has 5 nitrogen and oxygen atoms in total. The van der Waals surface area contributed by atoms with Crippen LogP contribution >= 0.6 is 0 Å². The zero-order valence-corrected chi connectivity index (χ0v) is 13.7. The summed E-state index contributed by atoms with van der Waals surface area (Å²) in [7, 11) is 1.54. The number of aliphatic hydroxyl groups excluding tert-OH is 1. The standard InChI is InChI=1S/C19H17NO4/c1-11-4-5-12(2)15(10-11)20-18(22)16(17(21)19(20)23)13-6-8-14(24-3)9-7-13/h4-10,21H,1-3H3. The number of methoxy groups -OCH3 is 1. The van der Waals surface area contributed by atoms with Gasteiger partial charge >= 0.3 is 5.91 Å². The van der Waals surface area contributed by atoms with E-state index in [4.69, 9.17) is 4.74 Å². The van der Waals surface area contributed by atoms with Gasteiger partial charge in [-0.2, -0.15) is 0 Å². The first-order chi connectivity index (χ1) is 11.4. The third kappa shape index (κ3) is 2.44. The fourth-order valence-electron chi connectivity index (χ4n) is 2.72. The Hall–Kier alpha value is -3.08. The van der Waals surface area contributed by atoms with Crippen LogP contribution in [0.2, 0.25) is 0 Å². The molecule has 0 atom stereocenters. The van der Waals surface area contributed by atoms with Crippen molar-refractivity contribution in [2.75, 3.05) is 12.0 Å². The van der Waals surface area contributed by atoms with Crippen LogP contribution in [0.3, 0.4) is 0 Å². The summed E-state index contributed by atoms with van der Waals surface area (Å²) in [5, 5.41) is 10.2. The maximum Gasteiger partial charge on any atom is 0.301 e. The molecule has 5 heteroatoms. The molecule has 2 aromatic carbocycles. The number of amides is 2. The highest BCUT2D eigenvalue weighted by Gasteiger charge is 2.40. The smallest absolute Gasteiger partial charge is 0.301 e. The molecule has 1 heterocycles. The third-order valence-electron chi connectivity index (χ3n) is 4.04. The average Bonchev–Trinajstić information content (AvgIpc) is 2.80. The van der Waals surface area contributed by atoms with Gasteiger partial charge in [0.15, 0.2) is 5.76 Å². The molecule has 0 bridgehead atoms. The molecule has 2 aromatic rings. The molecule has 0 fully saturated rings. The summed E-state index contributed by atoms with van der Waals surface area (Å²) in [4.78, 5) is 26.3. The van der Waals surface area contributed by atoms with E-state index < -0.39 is 17.6 Å². The van der Waals surface area contributed by atoms with Crippen molar-refractivity contribution >= 4 is 23.1 Å². The van der Waals surface area contributed by atoms with Gasteiger partial charge in [-0.1, -0.05) is 24.3 Å². The number of aliphatic hydroxyl groups is 1. The Kier molecular flexibility index (Phi) is 3.85. The van der Waals surface area contributed by atoms with Crippen molar-refractivity contribution in [1.29, 1.82) is 0 Å². The number of hydrogen-bond acceptors (Lipinski definition) is 4. The lowest BCUT2D eigenvalue weighted by Gasteiger charge is -2.17. The first kappa shape index (κ1) is 15.8. The monoisotopic (exact) mass is 323 g/mol. The highest BCUT2D eigenvalue weighted by Crippen LogP contribution is 2.34. The van der Waals surface area contributed by atoms with Gasteiger partial charge in [-0.3, -0.25) is 9.59 Å². The van der Waals surface area contributed by atoms with Crippen LogP contribution < -0.4 is 9.64 Å². The predicted molar refractivity (Wildman–Crippen MR) is 91.0 cm³/mol. The lowest BCUT2D eigenvalue weighted by Crippen LogP contribution is -2.32. The molecule has 1 aliphatic rings. The van der Waals surface area contributed by atoms with Crippen LogP contribution in [-0.4, -0.2) is 24.0 Å². The van der Waals surface area contributed by atoms with Crippen LogP contribution in [0.15, 0.2) is 48.2 Å². The number of hydrogen-bond donors (Lipinski definition) is 1. The molecule has 1 aliphatic heterocycles. The summed E-state index contributed by atoms with van der Waals surface area (Å²) in [6.45, 7) is 3.70. The molecule has 122 valence electrons. The van der Waals surface area contributed by atoms with Gasteiger partial charge in [-0.15, -0.1) is 0 Å². The van der Waals surface area contributed by atoms with Gasteiger partial charge < -0.3 is 9.84 Å². The molecule has 2 amide bonds. The van der Waals surface area contributed by atoms with Crippen LogP contribution in [0.25, 0.3) is 5.57 Å². The highest BCUT2D eigenvalue weighted by molar-refractivity contribution is 6.45. The highest BCUT2D eigenvalue weighted by atomic mass is 16.5. The zero-order valence-electron chi connectivity index (χ0n) is 13.7. The minimum Gasteiger partial charge on any atom is -0.502 e. The molecule has 0 aromatic heterocycles. The third-order valence-corrected chi connectivity index (χ3v) is 4.04. The Morgan fingerprint density at radius 1 is 0.958 bits per heavy atom. The number of carbonyl (C=O) groups is 2. The molecule has 0 unspecified atom stereocenters. The second-order valence-corrected chi connectivity index (χ2v) is 5.69. The minimum absolute atomic E-state index is 0.00330. The maximum atomic E-state index is 12.8. The van der Waals surface area contributed by atoms with Gasteiger partial charge in [0.1, 0.15) is 5.75 Å². The van der Waals surface area contributed by atoms with Crippen LogP contribution in [0.4, 0.5) is 5.69 Å². The number of ether oxygens (including phenoxy) is 1. The summed E-state index contributed by atoms with van der Waals surface area (Å²) in [6.07, 6.45) is 0. The molecule has 0 saturated carbocycles. The SMILES string of the molecule is COc1ccc(C2=C(O)C(=O)N(c3cc(C)ccc3C)C2=O)cc1. The molecule has 1 N–H and O–H groups in total. The number of nitrogens with zero attached hydrogens (tertiary/aromatic N) is 1. The van der Waals surface area contributed by atoms with E-state index >= 15 is 0 Å². The topological polar surface area (TPSA) is 66.8 Å². The van der Waals surface area contributed by atoms with E-state index in [1.807, 2.05) is 26.0 Å². The molecule has 0 radical (unpaired) electrons. The fourth-order valence-corrected chi connectivity index (χ4v) is 2.72. The molecule has 0 spiro atoms. The number of anilines is 1. The first-order valence-electron chi connectivity index (χ1n) is 7.47. The molecule has 3 rings (SSSR count). The lowest BCUT2D eigenvalue weighted by molar-refractivity contribution is -0.121. The molecule has 24 heavy (non-hydrogen) atoms. The normalized spacial score (nSPS) is 14.5. The number of benzene rings is 2. The van der Waals surface area contributed by atoms with Gasteiger partial charge in [0.25, 0.3) is 5.91 Å². The first-order valence-corrected chi connectivity index (χ1v) is 7.47. The van der Waals surface area contributed by atoms with Crippen molar-refractivity contribution in [2.24, 2.45) is 0 Å². The van der Waals surface area contributed by atoms with Crippen molar-refractivity contribution < 1.29 is 19.4 Å². The van der Waals surface area contributed by atoms with E-state index in [9.17, 15) is 14.7 Å². The Balaban J connectivity index is 2.05. The predicted octanol–water partition coefficient (Wildman–Crippen LogP) is 3.15. The Morgan fingerprint density at radius 2 is 1.62 bits per heavy atom. The number of aryl methyl sites for hydroxylation is 2. The van der Waals surface area contributed by atoms with Gasteiger partial charge in [-0.05, 0) is 48.7 Å². The van der Waals surface area contributed by atoms with Crippen molar-refractivity contribution in [3.8, 4) is 5.75 Å². The molecule has 0 saturated heterocycles. The summed E-state index contributed by atoms with van der Waals surface area (Å²) in [5.41, 5.74) is 2.67. The van der Waals surface area contributed by atoms with Crippen LogP contribution in [0.1, 0.15) is 16.7 Å². The van der Waals surface area contributed by atoms with E-state index in [1.54, 1.807) is 30.3 Å². The summed E-state index contributed by atoms with van der Waals surface area (Å²) in [6, 6.07) is 12.1. The van der Waals surface area contributed by atoms with Gasteiger partial charge in [0, 0.05) is 0 Å². The van der Waals surface area contributed by atoms with E-state index in [0.29, 0.717) is 17.0 Å². The number of imide groups is 1. The Bertz CT molecular complexity index is 865. The van der Waals surface area contributed by atoms with Gasteiger partial charge in [0.2, 0.25) is 0 Å². The van der Waals surface area contributed by atoms with E-state index in [-0.39, 0.29) is 5.57 Å². The quantitative estimate of drug-likeness (QED) is 0.881. The number of rotatable bonds is 3. The Labute approximate surface area is 139 Å². The molecule has 0 aliphatic carbocycles. The average molecular weight is 323 g/mol. The van der Waals surface area contributed by atoms with Crippen molar-refractivity contribution in [3.05, 3.63) is 64.9 Å². The van der Waals surface area contributed by atoms with Gasteiger partial charge in [-0.25, -0.2) is 4.90 Å². The fraction of sp³-hybridized carbons (Fsp3) is 0.158. The van der Waals surface area contributed by atoms with Crippen LogP contribution in [0, 0.1) is 13.8 Å². The second-order valence-electron chi connectivity index (χ2n) is 5.69. The zero-order chi connectivity index (χ0) is 17.4. The van der Waals surface area contributed by atoms with E-state index in [1.165, 1.54) is 7.11 Å². The molecular formula is C19H17NO4. The Morgan fingerprint density at radius 3 is 2.25 bits per heavy atom. The van der Waals surface area contributed by atoms with Crippen molar-refractivity contribution in [1.82, 2.24) is 0 Å². The maximum absolute atomic E-state index is 12.8. The summed E-state index contributed by atoms with van der Waals surface area (Å²) >= 11 is 0. The number of carbonyl (C=O) groups excluding carboxylic acids is 2. The van der Waals surface area contributed by atoms with Crippen LogP contribution in [-0.2, 0) is 9.59 Å². The second kappa shape index (κ2) is 5.85. The summed E-state index contributed by atoms with van der Waals surface area (Å²) < 4.78 is 5.09.